The molecule has 1 aliphatic rings. The van der Waals surface area contributed by atoms with E-state index in [1.54, 1.807) is 11.1 Å². The summed E-state index contributed by atoms with van der Waals surface area (Å²) in [7, 11) is 0. The average Bonchev–Trinajstić information content (AvgIpc) is 2.17. The van der Waals surface area contributed by atoms with Crippen LogP contribution in [0.3, 0.4) is 0 Å². The standard InChI is InChI=1S/C14H24/c1-7-9-12-11(8-2)13(3,4)10-14(12,5)6/h8-9H,7,10H2,1-6H3/b11-8+,12-9+. The largest absolute Gasteiger partial charge is 0.0836 e. The second-order valence-corrected chi connectivity index (χ2v) is 5.67. The molecule has 0 unspecified atom stereocenters. The van der Waals surface area contributed by atoms with Crippen LogP contribution in [-0.4, -0.2) is 0 Å². The Morgan fingerprint density at radius 1 is 1.07 bits per heavy atom. The lowest BCUT2D eigenvalue weighted by Crippen LogP contribution is -2.11. The summed E-state index contributed by atoms with van der Waals surface area (Å²) in [5, 5.41) is 0. The van der Waals surface area contributed by atoms with Gasteiger partial charge in [0, 0.05) is 0 Å². The van der Waals surface area contributed by atoms with Crippen LogP contribution in [0, 0.1) is 10.8 Å². The Kier molecular flexibility index (Phi) is 2.94. The summed E-state index contributed by atoms with van der Waals surface area (Å²) in [4.78, 5) is 0. The molecule has 1 rings (SSSR count). The van der Waals surface area contributed by atoms with Gasteiger partial charge in [-0.15, -0.1) is 0 Å². The Hall–Kier alpha value is -0.520. The molecule has 0 saturated heterocycles. The molecule has 0 heterocycles. The van der Waals surface area contributed by atoms with Gasteiger partial charge in [-0.2, -0.15) is 0 Å². The molecule has 0 nitrogen and oxygen atoms in total. The second-order valence-electron chi connectivity index (χ2n) is 5.67. The molecule has 0 spiro atoms. The van der Waals surface area contributed by atoms with Crippen LogP contribution in [0.4, 0.5) is 0 Å². The number of rotatable bonds is 1. The van der Waals surface area contributed by atoms with E-state index >= 15 is 0 Å². The molecule has 1 saturated carbocycles. The minimum Gasteiger partial charge on any atom is -0.0836 e. The number of allylic oxidation sites excluding steroid dienone is 4. The normalized spacial score (nSPS) is 30.1. The van der Waals surface area contributed by atoms with Crippen molar-refractivity contribution >= 4 is 0 Å². The zero-order valence-corrected chi connectivity index (χ0v) is 10.6. The van der Waals surface area contributed by atoms with E-state index in [4.69, 9.17) is 0 Å². The van der Waals surface area contributed by atoms with Crippen LogP contribution in [-0.2, 0) is 0 Å². The zero-order valence-electron chi connectivity index (χ0n) is 10.6. The van der Waals surface area contributed by atoms with Crippen molar-refractivity contribution in [3.8, 4) is 0 Å². The van der Waals surface area contributed by atoms with Crippen molar-refractivity contribution in [3.63, 3.8) is 0 Å². The predicted octanol–water partition coefficient (Wildman–Crippen LogP) is 4.73. The van der Waals surface area contributed by atoms with Gasteiger partial charge in [-0.25, -0.2) is 0 Å². The Morgan fingerprint density at radius 2 is 1.57 bits per heavy atom. The highest BCUT2D eigenvalue weighted by Crippen LogP contribution is 2.55. The van der Waals surface area contributed by atoms with E-state index in [-0.39, 0.29) is 0 Å². The van der Waals surface area contributed by atoms with Crippen LogP contribution in [0.5, 0.6) is 0 Å². The lowest BCUT2D eigenvalue weighted by atomic mass is 9.83. The molecular weight excluding hydrogens is 168 g/mol. The maximum atomic E-state index is 2.41. The molecule has 0 amide bonds. The van der Waals surface area contributed by atoms with Gasteiger partial charge in [0.15, 0.2) is 0 Å². The fourth-order valence-electron chi connectivity index (χ4n) is 3.16. The minimum absolute atomic E-state index is 0.360. The molecule has 0 bridgehead atoms. The Morgan fingerprint density at radius 3 is 2.00 bits per heavy atom. The van der Waals surface area contributed by atoms with E-state index in [0.717, 1.165) is 6.42 Å². The van der Waals surface area contributed by atoms with Crippen LogP contribution in [0.25, 0.3) is 0 Å². The first-order chi connectivity index (χ1) is 6.35. The van der Waals surface area contributed by atoms with Crippen LogP contribution in [0.1, 0.15) is 54.4 Å². The fourth-order valence-corrected chi connectivity index (χ4v) is 3.16. The summed E-state index contributed by atoms with van der Waals surface area (Å²) in [6.45, 7) is 13.9. The van der Waals surface area contributed by atoms with Crippen molar-refractivity contribution in [2.45, 2.75) is 54.4 Å². The molecule has 0 heteroatoms. The van der Waals surface area contributed by atoms with E-state index in [2.05, 4.69) is 53.7 Å². The molecule has 0 atom stereocenters. The molecule has 1 aliphatic carbocycles. The van der Waals surface area contributed by atoms with E-state index in [9.17, 15) is 0 Å². The molecular formula is C14H24. The van der Waals surface area contributed by atoms with E-state index in [1.165, 1.54) is 6.42 Å². The Labute approximate surface area is 89.1 Å². The van der Waals surface area contributed by atoms with Crippen molar-refractivity contribution < 1.29 is 0 Å². The topological polar surface area (TPSA) is 0 Å². The summed E-state index contributed by atoms with van der Waals surface area (Å²) in [6, 6.07) is 0. The van der Waals surface area contributed by atoms with E-state index < -0.39 is 0 Å². The molecule has 14 heavy (non-hydrogen) atoms. The number of hydrogen-bond donors (Lipinski definition) is 0. The van der Waals surface area contributed by atoms with E-state index in [0.29, 0.717) is 10.8 Å². The minimum atomic E-state index is 0.360. The maximum absolute atomic E-state index is 2.41. The average molecular weight is 192 g/mol. The van der Waals surface area contributed by atoms with Gasteiger partial charge < -0.3 is 0 Å². The zero-order chi connectivity index (χ0) is 11.0. The van der Waals surface area contributed by atoms with Crippen LogP contribution in [0.15, 0.2) is 23.3 Å². The van der Waals surface area contributed by atoms with Crippen molar-refractivity contribution in [2.24, 2.45) is 10.8 Å². The first kappa shape index (κ1) is 11.6. The lowest BCUT2D eigenvalue weighted by molar-refractivity contribution is 0.338. The monoisotopic (exact) mass is 192 g/mol. The first-order valence-corrected chi connectivity index (χ1v) is 5.73. The van der Waals surface area contributed by atoms with E-state index in [1.807, 2.05) is 0 Å². The molecule has 0 radical (unpaired) electrons. The third kappa shape index (κ3) is 1.80. The molecule has 0 aliphatic heterocycles. The van der Waals surface area contributed by atoms with Crippen molar-refractivity contribution in [3.05, 3.63) is 23.3 Å². The Bertz CT molecular complexity index is 274. The highest BCUT2D eigenvalue weighted by atomic mass is 14.5. The highest BCUT2D eigenvalue weighted by Gasteiger charge is 2.43. The summed E-state index contributed by atoms with van der Waals surface area (Å²) < 4.78 is 0. The summed E-state index contributed by atoms with van der Waals surface area (Å²) >= 11 is 0. The third-order valence-corrected chi connectivity index (χ3v) is 3.33. The highest BCUT2D eigenvalue weighted by molar-refractivity contribution is 5.45. The predicted molar refractivity (Wildman–Crippen MR) is 64.3 cm³/mol. The van der Waals surface area contributed by atoms with Gasteiger partial charge >= 0.3 is 0 Å². The summed E-state index contributed by atoms with van der Waals surface area (Å²) in [5.41, 5.74) is 3.86. The van der Waals surface area contributed by atoms with Crippen LogP contribution >= 0.6 is 0 Å². The second kappa shape index (κ2) is 3.56. The molecule has 1 fully saturated rings. The first-order valence-electron chi connectivity index (χ1n) is 5.73. The molecule has 0 aromatic heterocycles. The smallest absolute Gasteiger partial charge is 0.00956 e. The third-order valence-electron chi connectivity index (χ3n) is 3.33. The molecule has 80 valence electrons. The van der Waals surface area contributed by atoms with Gasteiger partial charge in [0.2, 0.25) is 0 Å². The fraction of sp³-hybridized carbons (Fsp3) is 0.714. The van der Waals surface area contributed by atoms with Crippen molar-refractivity contribution in [2.75, 3.05) is 0 Å². The summed E-state index contributed by atoms with van der Waals surface area (Å²) in [5.74, 6) is 0. The van der Waals surface area contributed by atoms with Gasteiger partial charge in [-0.3, -0.25) is 0 Å². The van der Waals surface area contributed by atoms with Crippen LogP contribution in [0.2, 0.25) is 0 Å². The van der Waals surface area contributed by atoms with Gasteiger partial charge in [0.05, 0.1) is 0 Å². The SMILES string of the molecule is C/C=C1\C(=C/CC)C(C)(C)CC1(C)C. The molecule has 0 N–H and O–H groups in total. The molecule has 0 aromatic carbocycles. The van der Waals surface area contributed by atoms with Gasteiger partial charge in [0.25, 0.3) is 0 Å². The Balaban J connectivity index is 3.21. The van der Waals surface area contributed by atoms with Crippen molar-refractivity contribution in [1.29, 1.82) is 0 Å². The van der Waals surface area contributed by atoms with Crippen molar-refractivity contribution in [1.82, 2.24) is 0 Å². The maximum Gasteiger partial charge on any atom is -0.00956 e. The lowest BCUT2D eigenvalue weighted by Gasteiger charge is -2.21. The molecule has 0 aromatic rings. The van der Waals surface area contributed by atoms with Gasteiger partial charge in [-0.1, -0.05) is 46.8 Å². The van der Waals surface area contributed by atoms with Crippen LogP contribution < -0.4 is 0 Å². The number of hydrogen-bond acceptors (Lipinski definition) is 0. The quantitative estimate of drug-likeness (QED) is 0.563. The van der Waals surface area contributed by atoms with Gasteiger partial charge in [-0.05, 0) is 41.7 Å². The van der Waals surface area contributed by atoms with Gasteiger partial charge in [0.1, 0.15) is 0 Å². The summed E-state index contributed by atoms with van der Waals surface area (Å²) in [6.07, 6.45) is 7.12.